The van der Waals surface area contributed by atoms with Gasteiger partial charge in [0.05, 0.1) is 13.0 Å². The SMILES string of the molecule is COC(=O)C1CCN(S(=O)(=O)c2cncc(Br)c2)CC1. The number of carbonyl (C=O) groups is 1. The summed E-state index contributed by atoms with van der Waals surface area (Å²) in [5.41, 5.74) is 0. The average molecular weight is 363 g/mol. The van der Waals surface area contributed by atoms with Crippen LogP contribution >= 0.6 is 15.9 Å². The van der Waals surface area contributed by atoms with Gasteiger partial charge in [-0.05, 0) is 34.8 Å². The molecule has 2 heterocycles. The first kappa shape index (κ1) is 15.4. The van der Waals surface area contributed by atoms with Crippen molar-refractivity contribution >= 4 is 31.9 Å². The quantitative estimate of drug-likeness (QED) is 0.760. The molecule has 0 aromatic carbocycles. The first-order valence-electron chi connectivity index (χ1n) is 6.13. The molecule has 8 heteroatoms. The normalized spacial score (nSPS) is 17.9. The standard InChI is InChI=1S/C12H15BrN2O4S/c1-19-12(16)9-2-4-15(5-3-9)20(17,18)11-6-10(13)7-14-8-11/h6-9H,2-5H2,1H3. The number of nitrogens with zero attached hydrogens (tertiary/aromatic N) is 2. The molecule has 0 radical (unpaired) electrons. The van der Waals surface area contributed by atoms with Gasteiger partial charge in [0.2, 0.25) is 10.0 Å². The van der Waals surface area contributed by atoms with Crippen LogP contribution in [0.15, 0.2) is 27.8 Å². The van der Waals surface area contributed by atoms with Crippen LogP contribution in [0.4, 0.5) is 0 Å². The molecule has 0 bridgehead atoms. The van der Waals surface area contributed by atoms with E-state index in [9.17, 15) is 13.2 Å². The van der Waals surface area contributed by atoms with Crippen molar-refractivity contribution in [1.82, 2.24) is 9.29 Å². The molecule has 1 aliphatic rings. The summed E-state index contributed by atoms with van der Waals surface area (Å²) in [7, 11) is -2.21. The van der Waals surface area contributed by atoms with Gasteiger partial charge in [-0.3, -0.25) is 9.78 Å². The van der Waals surface area contributed by atoms with Crippen molar-refractivity contribution in [3.05, 3.63) is 22.9 Å². The smallest absolute Gasteiger partial charge is 0.308 e. The van der Waals surface area contributed by atoms with Crippen molar-refractivity contribution in [3.63, 3.8) is 0 Å². The summed E-state index contributed by atoms with van der Waals surface area (Å²) in [6, 6.07) is 1.52. The van der Waals surface area contributed by atoms with Crippen molar-refractivity contribution in [2.75, 3.05) is 20.2 Å². The number of hydrogen-bond acceptors (Lipinski definition) is 5. The summed E-state index contributed by atoms with van der Waals surface area (Å²) >= 11 is 3.21. The molecule has 0 saturated carbocycles. The molecular formula is C12H15BrN2O4S. The van der Waals surface area contributed by atoms with E-state index in [0.29, 0.717) is 30.4 Å². The molecule has 0 amide bonds. The van der Waals surface area contributed by atoms with E-state index in [2.05, 4.69) is 25.7 Å². The zero-order valence-corrected chi connectivity index (χ0v) is 13.4. The van der Waals surface area contributed by atoms with Gasteiger partial charge in [-0.15, -0.1) is 0 Å². The molecule has 0 N–H and O–H groups in total. The molecule has 0 unspecified atom stereocenters. The van der Waals surface area contributed by atoms with Crippen molar-refractivity contribution in [1.29, 1.82) is 0 Å². The van der Waals surface area contributed by atoms with Crippen LogP contribution in [0.2, 0.25) is 0 Å². The first-order chi connectivity index (χ1) is 9.45. The summed E-state index contributed by atoms with van der Waals surface area (Å²) in [6.07, 6.45) is 3.82. The molecule has 1 saturated heterocycles. The Hall–Kier alpha value is -0.990. The Bertz CT molecular complexity index is 597. The van der Waals surface area contributed by atoms with Gasteiger partial charge in [0.1, 0.15) is 4.90 Å². The number of aromatic nitrogens is 1. The molecular weight excluding hydrogens is 348 g/mol. The molecule has 2 rings (SSSR count). The lowest BCUT2D eigenvalue weighted by Gasteiger charge is -2.29. The molecule has 1 aliphatic heterocycles. The summed E-state index contributed by atoms with van der Waals surface area (Å²) in [5.74, 6) is -0.488. The number of sulfonamides is 1. The van der Waals surface area contributed by atoms with Crippen LogP contribution in [-0.2, 0) is 19.6 Å². The van der Waals surface area contributed by atoms with E-state index in [0.717, 1.165) is 0 Å². The maximum absolute atomic E-state index is 12.4. The fourth-order valence-corrected chi connectivity index (χ4v) is 4.16. The second kappa shape index (κ2) is 6.19. The van der Waals surface area contributed by atoms with Gasteiger partial charge in [-0.1, -0.05) is 0 Å². The number of esters is 1. The van der Waals surface area contributed by atoms with E-state index in [1.807, 2.05) is 0 Å². The highest BCUT2D eigenvalue weighted by atomic mass is 79.9. The second-order valence-electron chi connectivity index (χ2n) is 4.54. The largest absolute Gasteiger partial charge is 0.469 e. The molecule has 1 aromatic heterocycles. The minimum atomic E-state index is -3.55. The number of methoxy groups -OCH3 is 1. The highest BCUT2D eigenvalue weighted by Crippen LogP contribution is 2.25. The minimum absolute atomic E-state index is 0.156. The van der Waals surface area contributed by atoms with Crippen LogP contribution in [0.3, 0.4) is 0 Å². The first-order valence-corrected chi connectivity index (χ1v) is 8.37. The molecule has 1 fully saturated rings. The van der Waals surface area contributed by atoms with Gasteiger partial charge < -0.3 is 4.74 Å². The lowest BCUT2D eigenvalue weighted by Crippen LogP contribution is -2.40. The minimum Gasteiger partial charge on any atom is -0.469 e. The Kier molecular flexibility index (Phi) is 4.77. The average Bonchev–Trinajstić information content (AvgIpc) is 2.46. The van der Waals surface area contributed by atoms with Crippen LogP contribution in [0.5, 0.6) is 0 Å². The second-order valence-corrected chi connectivity index (χ2v) is 7.39. The van der Waals surface area contributed by atoms with E-state index in [-0.39, 0.29) is 16.8 Å². The summed E-state index contributed by atoms with van der Waals surface area (Å²) in [4.78, 5) is 15.5. The van der Waals surface area contributed by atoms with Gasteiger partial charge in [0.25, 0.3) is 0 Å². The number of rotatable bonds is 3. The highest BCUT2D eigenvalue weighted by molar-refractivity contribution is 9.10. The van der Waals surface area contributed by atoms with Crippen molar-refractivity contribution in [2.45, 2.75) is 17.7 Å². The predicted molar refractivity (Wildman–Crippen MR) is 75.4 cm³/mol. The van der Waals surface area contributed by atoms with Gasteiger partial charge in [0, 0.05) is 30.0 Å². The number of pyridine rings is 1. The number of hydrogen-bond donors (Lipinski definition) is 0. The number of carbonyl (C=O) groups excluding carboxylic acids is 1. The van der Waals surface area contributed by atoms with E-state index >= 15 is 0 Å². The molecule has 110 valence electrons. The predicted octanol–water partition coefficient (Wildman–Crippen LogP) is 1.42. The van der Waals surface area contributed by atoms with Crippen LogP contribution in [0.1, 0.15) is 12.8 Å². The molecule has 20 heavy (non-hydrogen) atoms. The Morgan fingerprint density at radius 3 is 2.60 bits per heavy atom. The van der Waals surface area contributed by atoms with Gasteiger partial charge in [0.15, 0.2) is 0 Å². The fourth-order valence-electron chi connectivity index (χ4n) is 2.18. The lowest BCUT2D eigenvalue weighted by molar-refractivity contribution is -0.146. The number of halogens is 1. The molecule has 0 atom stereocenters. The topological polar surface area (TPSA) is 76.6 Å². The van der Waals surface area contributed by atoms with Crippen LogP contribution in [-0.4, -0.2) is 43.9 Å². The zero-order chi connectivity index (χ0) is 14.8. The molecule has 1 aromatic rings. The van der Waals surface area contributed by atoms with Crippen molar-refractivity contribution < 1.29 is 17.9 Å². The third kappa shape index (κ3) is 3.18. The monoisotopic (exact) mass is 362 g/mol. The zero-order valence-electron chi connectivity index (χ0n) is 11.0. The third-order valence-corrected chi connectivity index (χ3v) is 5.60. The highest BCUT2D eigenvalue weighted by Gasteiger charge is 2.32. The maximum atomic E-state index is 12.4. The van der Waals surface area contributed by atoms with Gasteiger partial charge in [-0.25, -0.2) is 8.42 Å². The van der Waals surface area contributed by atoms with E-state index < -0.39 is 10.0 Å². The van der Waals surface area contributed by atoms with Crippen molar-refractivity contribution in [3.8, 4) is 0 Å². The van der Waals surface area contributed by atoms with Crippen LogP contribution < -0.4 is 0 Å². The van der Waals surface area contributed by atoms with Crippen LogP contribution in [0, 0.1) is 5.92 Å². The fraction of sp³-hybridized carbons (Fsp3) is 0.500. The summed E-state index contributed by atoms with van der Waals surface area (Å²) in [6.45, 7) is 0.628. The number of piperidine rings is 1. The summed E-state index contributed by atoms with van der Waals surface area (Å²) < 4.78 is 31.6. The van der Waals surface area contributed by atoms with E-state index in [1.165, 1.54) is 29.9 Å². The molecule has 6 nitrogen and oxygen atoms in total. The van der Waals surface area contributed by atoms with Gasteiger partial charge in [-0.2, -0.15) is 4.31 Å². The lowest BCUT2D eigenvalue weighted by atomic mass is 9.99. The Balaban J connectivity index is 2.11. The molecule has 0 aliphatic carbocycles. The molecule has 0 spiro atoms. The summed E-state index contributed by atoms with van der Waals surface area (Å²) in [5, 5.41) is 0. The van der Waals surface area contributed by atoms with E-state index in [4.69, 9.17) is 0 Å². The van der Waals surface area contributed by atoms with Gasteiger partial charge >= 0.3 is 5.97 Å². The van der Waals surface area contributed by atoms with Crippen LogP contribution in [0.25, 0.3) is 0 Å². The Labute approximate surface area is 126 Å². The Morgan fingerprint density at radius 2 is 2.05 bits per heavy atom. The Morgan fingerprint density at radius 1 is 1.40 bits per heavy atom. The maximum Gasteiger partial charge on any atom is 0.308 e. The third-order valence-electron chi connectivity index (χ3n) is 3.31. The van der Waals surface area contributed by atoms with Crippen molar-refractivity contribution in [2.24, 2.45) is 5.92 Å². The number of ether oxygens (including phenoxy) is 1. The van der Waals surface area contributed by atoms with E-state index in [1.54, 1.807) is 0 Å².